The minimum absolute atomic E-state index is 0.0896. The fourth-order valence-electron chi connectivity index (χ4n) is 5.18. The molecule has 1 aliphatic heterocycles. The van der Waals surface area contributed by atoms with Crippen LogP contribution in [0.3, 0.4) is 0 Å². The molecule has 0 spiro atoms. The second-order valence-corrected chi connectivity index (χ2v) is 11.1. The van der Waals surface area contributed by atoms with Crippen molar-refractivity contribution in [3.63, 3.8) is 0 Å². The maximum Gasteiger partial charge on any atom is 0.208 e. The first-order valence-corrected chi connectivity index (χ1v) is 13.6. The van der Waals surface area contributed by atoms with Crippen LogP contribution in [0.5, 0.6) is 0 Å². The fourth-order valence-corrected chi connectivity index (χ4v) is 6.04. The molecule has 0 amide bonds. The molecule has 2 fully saturated rings. The number of aromatic nitrogens is 1. The Kier molecular flexibility index (Phi) is 7.48. The molecular weight excluding hydrogens is 422 g/mol. The first-order valence-electron chi connectivity index (χ1n) is 11.7. The number of ether oxygens (including phenoxy) is 1. The zero-order chi connectivity index (χ0) is 22.6. The predicted octanol–water partition coefficient (Wildman–Crippen LogP) is 3.88. The quantitative estimate of drug-likeness (QED) is 0.683. The number of anilines is 1. The number of nitrogens with one attached hydrogen (secondary N) is 1. The van der Waals surface area contributed by atoms with Crippen molar-refractivity contribution >= 4 is 15.8 Å². The van der Waals surface area contributed by atoms with E-state index >= 15 is 0 Å². The van der Waals surface area contributed by atoms with Crippen LogP contribution >= 0.6 is 0 Å². The third-order valence-electron chi connectivity index (χ3n) is 6.87. The molecule has 4 rings (SSSR count). The monoisotopic (exact) mass is 457 g/mol. The molecule has 1 aromatic heterocycles. The summed E-state index contributed by atoms with van der Waals surface area (Å²) >= 11 is 0. The normalized spacial score (nSPS) is 26.8. The summed E-state index contributed by atoms with van der Waals surface area (Å²) in [6.07, 6.45) is 8.45. The molecule has 1 aliphatic carbocycles. The highest BCUT2D eigenvalue weighted by atomic mass is 32.2. The van der Waals surface area contributed by atoms with E-state index in [9.17, 15) is 8.42 Å². The van der Waals surface area contributed by atoms with E-state index < -0.39 is 10.0 Å². The van der Waals surface area contributed by atoms with Crippen LogP contribution in [0.15, 0.2) is 48.7 Å². The molecule has 2 heterocycles. The Bertz CT molecular complexity index is 975. The van der Waals surface area contributed by atoms with Gasteiger partial charge in [-0.2, -0.15) is 0 Å². The number of hydrogen-bond acceptors (Lipinski definition) is 5. The van der Waals surface area contributed by atoms with Crippen LogP contribution < -0.4 is 9.62 Å². The number of piperidine rings is 1. The summed E-state index contributed by atoms with van der Waals surface area (Å²) < 4.78 is 33.1. The van der Waals surface area contributed by atoms with Crippen LogP contribution in [0.2, 0.25) is 0 Å². The first kappa shape index (κ1) is 23.2. The maximum atomic E-state index is 11.9. The first-order chi connectivity index (χ1) is 15.4. The molecule has 7 heteroatoms. The molecule has 0 radical (unpaired) electrons. The molecule has 2 aliphatic rings. The molecule has 6 nitrogen and oxygen atoms in total. The van der Waals surface area contributed by atoms with Gasteiger partial charge in [-0.05, 0) is 62.1 Å². The van der Waals surface area contributed by atoms with Crippen molar-refractivity contribution in [1.82, 2.24) is 9.71 Å². The van der Waals surface area contributed by atoms with Crippen molar-refractivity contribution in [2.75, 3.05) is 30.9 Å². The van der Waals surface area contributed by atoms with E-state index in [0.29, 0.717) is 12.5 Å². The summed E-state index contributed by atoms with van der Waals surface area (Å²) in [6.45, 7) is 4.16. The van der Waals surface area contributed by atoms with Crippen LogP contribution in [0.1, 0.15) is 49.1 Å². The smallest absolute Gasteiger partial charge is 0.208 e. The topological polar surface area (TPSA) is 71.5 Å². The number of pyridine rings is 1. The van der Waals surface area contributed by atoms with Gasteiger partial charge in [-0.1, -0.05) is 36.4 Å². The maximum absolute atomic E-state index is 11.9. The Morgan fingerprint density at radius 3 is 2.50 bits per heavy atom. The summed E-state index contributed by atoms with van der Waals surface area (Å²) in [6, 6.07) is 14.7. The predicted molar refractivity (Wildman–Crippen MR) is 128 cm³/mol. The number of hydrogen-bond donors (Lipinski definition) is 1. The lowest BCUT2D eigenvalue weighted by Gasteiger charge is -2.40. The van der Waals surface area contributed by atoms with Gasteiger partial charge in [0.1, 0.15) is 5.82 Å². The van der Waals surface area contributed by atoms with Gasteiger partial charge < -0.3 is 9.64 Å². The van der Waals surface area contributed by atoms with Crippen LogP contribution in [-0.2, 0) is 14.8 Å². The molecule has 2 aromatic rings. The number of sulfonamides is 1. The largest absolute Gasteiger partial charge is 0.378 e. The van der Waals surface area contributed by atoms with Crippen molar-refractivity contribution in [3.05, 3.63) is 59.8 Å². The standard InChI is InChI=1S/C25H35N3O3S/c1-19-7-6-15-26-25(19)28-16-14-24(27-32(2,29)30)22(17-28)18-31-23-12-10-21(11-13-23)20-8-4-3-5-9-20/h3-9,15,21-24,27H,10-14,16-18H2,1-2H3/t21-,22-,23+,24-/m0/s1. The molecule has 32 heavy (non-hydrogen) atoms. The molecule has 1 saturated heterocycles. The summed E-state index contributed by atoms with van der Waals surface area (Å²) in [4.78, 5) is 6.84. The van der Waals surface area contributed by atoms with Crippen molar-refractivity contribution in [2.24, 2.45) is 5.92 Å². The summed E-state index contributed by atoms with van der Waals surface area (Å²) in [5.41, 5.74) is 2.57. The van der Waals surface area contributed by atoms with E-state index in [1.807, 2.05) is 12.3 Å². The van der Waals surface area contributed by atoms with Crippen LogP contribution in [0.25, 0.3) is 0 Å². The van der Waals surface area contributed by atoms with Gasteiger partial charge in [0.2, 0.25) is 10.0 Å². The van der Waals surface area contributed by atoms with E-state index in [1.54, 1.807) is 0 Å². The van der Waals surface area contributed by atoms with Gasteiger partial charge in [0.05, 0.1) is 19.0 Å². The molecule has 2 atom stereocenters. The highest BCUT2D eigenvalue weighted by Gasteiger charge is 2.33. The van der Waals surface area contributed by atoms with Crippen molar-refractivity contribution in [1.29, 1.82) is 0 Å². The highest BCUT2D eigenvalue weighted by molar-refractivity contribution is 7.88. The van der Waals surface area contributed by atoms with Gasteiger partial charge in [-0.15, -0.1) is 0 Å². The molecule has 0 unspecified atom stereocenters. The SMILES string of the molecule is Cc1cccnc1N1CC[C@H](NS(C)(=O)=O)[C@H](CO[C@H]2CC[C@@H](c3ccccc3)CC2)C1. The second-order valence-electron chi connectivity index (χ2n) is 9.35. The van der Waals surface area contributed by atoms with Crippen molar-refractivity contribution in [2.45, 2.75) is 57.1 Å². The third kappa shape index (κ3) is 6.09. The summed E-state index contributed by atoms with van der Waals surface area (Å²) in [5.74, 6) is 1.69. The Hall–Kier alpha value is -1.96. The minimum Gasteiger partial charge on any atom is -0.378 e. The van der Waals surface area contributed by atoms with E-state index in [0.717, 1.165) is 56.6 Å². The van der Waals surface area contributed by atoms with E-state index in [1.165, 1.54) is 11.8 Å². The lowest BCUT2D eigenvalue weighted by molar-refractivity contribution is -0.00214. The molecule has 1 aromatic carbocycles. The number of aryl methyl sites for hydroxylation is 1. The van der Waals surface area contributed by atoms with Gasteiger partial charge in [-0.25, -0.2) is 18.1 Å². The highest BCUT2D eigenvalue weighted by Crippen LogP contribution is 2.34. The van der Waals surface area contributed by atoms with Gasteiger partial charge >= 0.3 is 0 Å². The average Bonchev–Trinajstić information content (AvgIpc) is 2.79. The molecular formula is C25H35N3O3S. The molecule has 0 bridgehead atoms. The summed E-state index contributed by atoms with van der Waals surface area (Å²) in [5, 5.41) is 0. The van der Waals surface area contributed by atoms with Gasteiger partial charge in [0.25, 0.3) is 0 Å². The number of rotatable bonds is 7. The number of nitrogens with zero attached hydrogens (tertiary/aromatic N) is 2. The Morgan fingerprint density at radius 2 is 1.81 bits per heavy atom. The van der Waals surface area contributed by atoms with Gasteiger partial charge in [-0.3, -0.25) is 0 Å². The lowest BCUT2D eigenvalue weighted by atomic mass is 9.82. The van der Waals surface area contributed by atoms with Crippen LogP contribution in [0.4, 0.5) is 5.82 Å². The lowest BCUT2D eigenvalue weighted by Crippen LogP contribution is -2.53. The minimum atomic E-state index is -3.27. The summed E-state index contributed by atoms with van der Waals surface area (Å²) in [7, 11) is -3.27. The Balaban J connectivity index is 1.36. The molecule has 174 valence electrons. The van der Waals surface area contributed by atoms with Crippen molar-refractivity contribution in [3.8, 4) is 0 Å². The zero-order valence-corrected chi connectivity index (χ0v) is 19.9. The number of benzene rings is 1. The van der Waals surface area contributed by atoms with Gasteiger partial charge in [0.15, 0.2) is 0 Å². The average molecular weight is 458 g/mol. The Labute approximate surface area is 192 Å². The van der Waals surface area contributed by atoms with Gasteiger partial charge in [0, 0.05) is 31.2 Å². The fraction of sp³-hybridized carbons (Fsp3) is 0.560. The third-order valence-corrected chi connectivity index (χ3v) is 7.60. The van der Waals surface area contributed by atoms with E-state index in [4.69, 9.17) is 4.74 Å². The molecule has 1 saturated carbocycles. The van der Waals surface area contributed by atoms with E-state index in [-0.39, 0.29) is 18.1 Å². The van der Waals surface area contributed by atoms with Crippen molar-refractivity contribution < 1.29 is 13.2 Å². The van der Waals surface area contributed by atoms with Crippen LogP contribution in [0, 0.1) is 12.8 Å². The van der Waals surface area contributed by atoms with Crippen LogP contribution in [-0.4, -0.2) is 51.5 Å². The Morgan fingerprint density at radius 1 is 1.06 bits per heavy atom. The molecule has 1 N–H and O–H groups in total. The van der Waals surface area contributed by atoms with E-state index in [2.05, 4.69) is 57.9 Å². The second kappa shape index (κ2) is 10.3. The zero-order valence-electron chi connectivity index (χ0n) is 19.1.